The van der Waals surface area contributed by atoms with Crippen LogP contribution in [-0.4, -0.2) is 87.7 Å². The summed E-state index contributed by atoms with van der Waals surface area (Å²) in [5.41, 5.74) is 0.483. The van der Waals surface area contributed by atoms with Crippen molar-refractivity contribution in [2.75, 3.05) is 44.4 Å². The van der Waals surface area contributed by atoms with E-state index in [2.05, 4.69) is 14.9 Å². The first kappa shape index (κ1) is 29.1. The Balaban J connectivity index is 1.23. The summed E-state index contributed by atoms with van der Waals surface area (Å²) in [5, 5.41) is 23.1. The van der Waals surface area contributed by atoms with Gasteiger partial charge in [-0.1, -0.05) is 30.2 Å². The molecule has 0 spiro atoms. The van der Waals surface area contributed by atoms with E-state index >= 15 is 4.39 Å². The van der Waals surface area contributed by atoms with Gasteiger partial charge in [0, 0.05) is 52.8 Å². The number of aromatic hydroxyl groups is 1. The van der Waals surface area contributed by atoms with Crippen molar-refractivity contribution < 1.29 is 24.1 Å². The van der Waals surface area contributed by atoms with Gasteiger partial charge >= 0.3 is 6.01 Å². The summed E-state index contributed by atoms with van der Waals surface area (Å²) < 4.78 is 28.8. The zero-order valence-electron chi connectivity index (χ0n) is 25.1. The SMILES string of the molecule is Oc1cc(-c2ncc3c(N4CCOCC(O)C4)nc(OCC45CCCC4N(C4CC4)CCC5)nc3c2F)c2c(Cl)cccc2c1. The molecule has 0 amide bonds. The Morgan fingerprint density at radius 2 is 1.98 bits per heavy atom. The van der Waals surface area contributed by atoms with Crippen LogP contribution < -0.4 is 9.64 Å². The molecule has 3 unspecified atom stereocenters. The van der Waals surface area contributed by atoms with E-state index in [0.29, 0.717) is 64.4 Å². The number of aliphatic hydroxyl groups excluding tert-OH is 1. The molecule has 4 aromatic rings. The molecule has 11 heteroatoms. The lowest BCUT2D eigenvalue weighted by atomic mass is 9.75. The van der Waals surface area contributed by atoms with Crippen LogP contribution in [-0.2, 0) is 4.74 Å². The zero-order chi connectivity index (χ0) is 30.7. The first-order valence-electron chi connectivity index (χ1n) is 16.1. The molecule has 45 heavy (non-hydrogen) atoms. The fraction of sp³-hybridized carbons (Fsp3) is 0.500. The minimum atomic E-state index is -0.728. The van der Waals surface area contributed by atoms with Crippen molar-refractivity contribution in [2.45, 2.75) is 63.1 Å². The first-order chi connectivity index (χ1) is 21.9. The quantitative estimate of drug-likeness (QED) is 0.276. The third kappa shape index (κ3) is 5.25. The highest BCUT2D eigenvalue weighted by Gasteiger charge is 2.51. The zero-order valence-corrected chi connectivity index (χ0v) is 25.8. The van der Waals surface area contributed by atoms with Crippen molar-refractivity contribution in [3.8, 4) is 23.0 Å². The number of piperidine rings is 1. The maximum absolute atomic E-state index is 16.8. The average Bonchev–Trinajstić information content (AvgIpc) is 3.82. The van der Waals surface area contributed by atoms with E-state index in [0.717, 1.165) is 25.8 Å². The molecule has 2 aliphatic heterocycles. The Bertz CT molecular complexity index is 1770. The number of nitrogens with zero attached hydrogens (tertiary/aromatic N) is 5. The fourth-order valence-corrected chi connectivity index (χ4v) is 8.33. The van der Waals surface area contributed by atoms with Crippen molar-refractivity contribution >= 4 is 39.1 Å². The van der Waals surface area contributed by atoms with Crippen molar-refractivity contribution in [1.29, 1.82) is 0 Å². The summed E-state index contributed by atoms with van der Waals surface area (Å²) in [6.45, 7) is 2.96. The molecule has 2 aliphatic carbocycles. The molecule has 0 bridgehead atoms. The molecule has 2 N–H and O–H groups in total. The third-order valence-corrected chi connectivity index (χ3v) is 10.5. The number of phenolic OH excluding ortho intramolecular Hbond substituents is 1. The van der Waals surface area contributed by atoms with Crippen molar-refractivity contribution in [3.63, 3.8) is 0 Å². The van der Waals surface area contributed by atoms with Crippen LogP contribution in [0.25, 0.3) is 32.9 Å². The molecule has 4 aliphatic rings. The lowest BCUT2D eigenvalue weighted by molar-refractivity contribution is -0.00466. The van der Waals surface area contributed by atoms with Crippen molar-refractivity contribution in [3.05, 3.63) is 47.4 Å². The molecule has 2 saturated heterocycles. The second-order valence-corrected chi connectivity index (χ2v) is 13.6. The van der Waals surface area contributed by atoms with Gasteiger partial charge in [-0.3, -0.25) is 9.88 Å². The molecule has 8 rings (SSSR count). The van der Waals surface area contributed by atoms with Gasteiger partial charge in [0.1, 0.15) is 22.8 Å². The monoisotopic (exact) mass is 633 g/mol. The molecular formula is C34H37ClFN5O4. The van der Waals surface area contributed by atoms with Gasteiger partial charge in [0.05, 0.1) is 31.3 Å². The number of likely N-dealkylation sites (tertiary alicyclic amines) is 1. The third-order valence-electron chi connectivity index (χ3n) is 10.2. The predicted octanol–water partition coefficient (Wildman–Crippen LogP) is 5.72. The van der Waals surface area contributed by atoms with Gasteiger partial charge in [0.2, 0.25) is 0 Å². The minimum Gasteiger partial charge on any atom is -0.508 e. The van der Waals surface area contributed by atoms with Gasteiger partial charge in [0.15, 0.2) is 5.82 Å². The number of rotatable bonds is 6. The van der Waals surface area contributed by atoms with Gasteiger partial charge in [-0.05, 0) is 68.7 Å². The maximum Gasteiger partial charge on any atom is 0.319 e. The lowest BCUT2D eigenvalue weighted by Gasteiger charge is -2.46. The normalized spacial score (nSPS) is 25.9. The number of benzene rings is 2. The largest absolute Gasteiger partial charge is 0.508 e. The summed E-state index contributed by atoms with van der Waals surface area (Å²) in [6.07, 6.45) is 9.10. The standard InChI is InChI=1S/C34H37ClFN5O4/c35-26-5-1-4-20-14-22(42)15-24(28(20)26)30-29(36)31-25(16-37-30)32(40-12-13-44-18-23(43)17-40)39-33(38-31)45-19-34-9-2-6-27(34)41(11-3-10-34)21-7-8-21/h1,4-5,14-16,21,23,27,42-43H,2-3,6-13,17-19H2. The number of hydrogen-bond donors (Lipinski definition) is 2. The molecule has 3 atom stereocenters. The van der Waals surface area contributed by atoms with Crippen LogP contribution in [0.15, 0.2) is 36.5 Å². The van der Waals surface area contributed by atoms with Crippen LogP contribution in [0.2, 0.25) is 5.02 Å². The topological polar surface area (TPSA) is 104 Å². The van der Waals surface area contributed by atoms with Gasteiger partial charge in [-0.15, -0.1) is 0 Å². The number of ether oxygens (including phenoxy) is 2. The van der Waals surface area contributed by atoms with Crippen LogP contribution in [0, 0.1) is 11.2 Å². The smallest absolute Gasteiger partial charge is 0.319 e. The number of phenols is 1. The highest BCUT2D eigenvalue weighted by atomic mass is 35.5. The van der Waals surface area contributed by atoms with E-state index in [-0.39, 0.29) is 41.5 Å². The molecule has 2 saturated carbocycles. The van der Waals surface area contributed by atoms with Gasteiger partial charge < -0.3 is 24.6 Å². The molecule has 4 fully saturated rings. The van der Waals surface area contributed by atoms with Crippen LogP contribution in [0.3, 0.4) is 0 Å². The van der Waals surface area contributed by atoms with Crippen molar-refractivity contribution in [2.24, 2.45) is 5.41 Å². The summed E-state index contributed by atoms with van der Waals surface area (Å²) in [6, 6.07) is 9.69. The predicted molar refractivity (Wildman–Crippen MR) is 170 cm³/mol. The number of fused-ring (bicyclic) bond motifs is 3. The molecule has 4 heterocycles. The van der Waals surface area contributed by atoms with E-state index < -0.39 is 11.9 Å². The average molecular weight is 634 g/mol. The second-order valence-electron chi connectivity index (χ2n) is 13.2. The van der Waals surface area contributed by atoms with Crippen molar-refractivity contribution in [1.82, 2.24) is 19.9 Å². The number of β-amino-alcohol motifs (C(OH)–C–C–N with tert-alkyl or cyclic N) is 1. The second kappa shape index (κ2) is 11.5. The minimum absolute atomic E-state index is 0.0214. The summed E-state index contributed by atoms with van der Waals surface area (Å²) >= 11 is 6.59. The summed E-state index contributed by atoms with van der Waals surface area (Å²) in [5.74, 6) is -0.237. The number of halogens is 2. The Kier molecular flexibility index (Phi) is 7.43. The Labute approximate surface area is 265 Å². The van der Waals surface area contributed by atoms with E-state index in [1.165, 1.54) is 31.7 Å². The van der Waals surface area contributed by atoms with Gasteiger partial charge in [0.25, 0.3) is 0 Å². The Hall–Kier alpha value is -3.31. The number of hydrogen-bond acceptors (Lipinski definition) is 9. The highest BCUT2D eigenvalue weighted by molar-refractivity contribution is 6.36. The molecule has 9 nitrogen and oxygen atoms in total. The van der Waals surface area contributed by atoms with Gasteiger partial charge in [-0.25, -0.2) is 4.39 Å². The molecule has 0 radical (unpaired) electrons. The summed E-state index contributed by atoms with van der Waals surface area (Å²) in [7, 11) is 0. The number of aliphatic hydroxyl groups is 1. The summed E-state index contributed by atoms with van der Waals surface area (Å²) in [4.78, 5) is 18.6. The fourth-order valence-electron chi connectivity index (χ4n) is 8.04. The highest BCUT2D eigenvalue weighted by Crippen LogP contribution is 2.51. The van der Waals surface area contributed by atoms with Crippen LogP contribution in [0.5, 0.6) is 11.8 Å². The van der Waals surface area contributed by atoms with E-state index in [9.17, 15) is 10.2 Å². The lowest BCUT2D eigenvalue weighted by Crippen LogP contribution is -2.52. The van der Waals surface area contributed by atoms with Crippen LogP contribution >= 0.6 is 11.6 Å². The van der Waals surface area contributed by atoms with E-state index in [1.54, 1.807) is 24.4 Å². The van der Waals surface area contributed by atoms with Gasteiger partial charge in [-0.2, -0.15) is 9.97 Å². The number of aromatic nitrogens is 3. The van der Waals surface area contributed by atoms with Crippen LogP contribution in [0.4, 0.5) is 10.2 Å². The molecular weight excluding hydrogens is 597 g/mol. The molecule has 2 aromatic carbocycles. The van der Waals surface area contributed by atoms with E-state index in [4.69, 9.17) is 26.1 Å². The molecule has 236 valence electrons. The number of pyridine rings is 1. The Morgan fingerprint density at radius 1 is 1.11 bits per heavy atom. The van der Waals surface area contributed by atoms with Crippen LogP contribution in [0.1, 0.15) is 44.9 Å². The first-order valence-corrected chi connectivity index (χ1v) is 16.5. The Morgan fingerprint density at radius 3 is 2.84 bits per heavy atom. The maximum atomic E-state index is 16.8. The molecule has 2 aromatic heterocycles. The van der Waals surface area contributed by atoms with E-state index in [1.807, 2.05) is 11.0 Å². The number of anilines is 1.